The maximum absolute atomic E-state index is 10.1. The molecule has 84 valence electrons. The Hall–Kier alpha value is -0.900. The number of halogens is 1. The summed E-state index contributed by atoms with van der Waals surface area (Å²) in [5, 5.41) is 10.1. The zero-order valence-electron chi connectivity index (χ0n) is 8.85. The maximum Gasteiger partial charge on any atom is 0.0931 e. The van der Waals surface area contributed by atoms with E-state index in [0.29, 0.717) is 6.42 Å². The SMILES string of the molecule is Cc1cnccc1C(O)Cc1ccc(Cl)s1. The van der Waals surface area contributed by atoms with E-state index in [1.807, 2.05) is 25.1 Å². The largest absolute Gasteiger partial charge is 0.388 e. The monoisotopic (exact) mass is 253 g/mol. The van der Waals surface area contributed by atoms with Gasteiger partial charge in [-0.15, -0.1) is 11.3 Å². The summed E-state index contributed by atoms with van der Waals surface area (Å²) in [7, 11) is 0. The smallest absolute Gasteiger partial charge is 0.0931 e. The van der Waals surface area contributed by atoms with Crippen molar-refractivity contribution in [1.29, 1.82) is 0 Å². The molecule has 0 aromatic carbocycles. The highest BCUT2D eigenvalue weighted by atomic mass is 35.5. The first-order chi connectivity index (χ1) is 7.66. The fraction of sp³-hybridized carbons (Fsp3) is 0.250. The van der Waals surface area contributed by atoms with Crippen molar-refractivity contribution in [2.45, 2.75) is 19.4 Å². The molecule has 1 atom stereocenters. The Morgan fingerprint density at radius 3 is 2.88 bits per heavy atom. The van der Waals surface area contributed by atoms with Crippen LogP contribution in [0.3, 0.4) is 0 Å². The summed E-state index contributed by atoms with van der Waals surface area (Å²) >= 11 is 7.35. The van der Waals surface area contributed by atoms with Gasteiger partial charge in [0.2, 0.25) is 0 Å². The van der Waals surface area contributed by atoms with Crippen molar-refractivity contribution >= 4 is 22.9 Å². The van der Waals surface area contributed by atoms with Gasteiger partial charge >= 0.3 is 0 Å². The summed E-state index contributed by atoms with van der Waals surface area (Å²) in [6, 6.07) is 5.66. The first-order valence-corrected chi connectivity index (χ1v) is 6.19. The standard InChI is InChI=1S/C12H12ClNOS/c1-8-7-14-5-4-10(8)11(15)6-9-2-3-12(13)16-9/h2-5,7,11,15H,6H2,1H3. The molecule has 0 radical (unpaired) electrons. The van der Waals surface area contributed by atoms with Crippen molar-refractivity contribution in [3.05, 3.63) is 50.9 Å². The predicted octanol–water partition coefficient (Wildman–Crippen LogP) is 3.38. The third-order valence-corrected chi connectivity index (χ3v) is 3.70. The molecular weight excluding hydrogens is 242 g/mol. The second kappa shape index (κ2) is 4.95. The minimum absolute atomic E-state index is 0.488. The lowest BCUT2D eigenvalue weighted by Gasteiger charge is -2.11. The lowest BCUT2D eigenvalue weighted by atomic mass is 10.0. The van der Waals surface area contributed by atoms with Crippen LogP contribution in [0.25, 0.3) is 0 Å². The molecule has 2 aromatic heterocycles. The minimum atomic E-state index is -0.488. The van der Waals surface area contributed by atoms with E-state index in [2.05, 4.69) is 4.98 Å². The van der Waals surface area contributed by atoms with E-state index in [1.54, 1.807) is 12.4 Å². The van der Waals surface area contributed by atoms with Crippen LogP contribution in [0.15, 0.2) is 30.6 Å². The summed E-state index contributed by atoms with van der Waals surface area (Å²) in [6.45, 7) is 1.95. The number of nitrogens with zero attached hydrogens (tertiary/aromatic N) is 1. The molecule has 0 saturated carbocycles. The third kappa shape index (κ3) is 2.61. The summed E-state index contributed by atoms with van der Waals surface area (Å²) in [6.07, 6.45) is 3.58. The average molecular weight is 254 g/mol. The van der Waals surface area contributed by atoms with Crippen LogP contribution in [0, 0.1) is 6.92 Å². The molecule has 4 heteroatoms. The van der Waals surface area contributed by atoms with Gasteiger partial charge in [0.15, 0.2) is 0 Å². The summed E-state index contributed by atoms with van der Waals surface area (Å²) < 4.78 is 0.758. The van der Waals surface area contributed by atoms with Crippen molar-refractivity contribution < 1.29 is 5.11 Å². The first kappa shape index (κ1) is 11.6. The zero-order valence-corrected chi connectivity index (χ0v) is 10.4. The van der Waals surface area contributed by atoms with Crippen LogP contribution in [0.5, 0.6) is 0 Å². The molecule has 0 aliphatic carbocycles. The van der Waals surface area contributed by atoms with Gasteiger partial charge in [-0.3, -0.25) is 4.98 Å². The fourth-order valence-electron chi connectivity index (χ4n) is 1.62. The Balaban J connectivity index is 2.14. The third-order valence-electron chi connectivity index (χ3n) is 2.45. The molecule has 0 aliphatic rings. The van der Waals surface area contributed by atoms with Gasteiger partial charge in [0.1, 0.15) is 0 Å². The van der Waals surface area contributed by atoms with Crippen LogP contribution in [-0.4, -0.2) is 10.1 Å². The van der Waals surface area contributed by atoms with Crippen molar-refractivity contribution in [2.75, 3.05) is 0 Å². The highest BCUT2D eigenvalue weighted by Crippen LogP contribution is 2.27. The Labute approximate surface area is 104 Å². The molecule has 0 aliphatic heterocycles. The molecule has 16 heavy (non-hydrogen) atoms. The Kier molecular flexibility index (Phi) is 3.59. The molecule has 0 bridgehead atoms. The quantitative estimate of drug-likeness (QED) is 0.910. The van der Waals surface area contributed by atoms with Gasteiger partial charge in [0, 0.05) is 23.7 Å². The second-order valence-electron chi connectivity index (χ2n) is 3.66. The number of pyridine rings is 1. The lowest BCUT2D eigenvalue weighted by molar-refractivity contribution is 0.178. The topological polar surface area (TPSA) is 33.1 Å². The predicted molar refractivity (Wildman–Crippen MR) is 67.0 cm³/mol. The number of aliphatic hydroxyl groups excluding tert-OH is 1. The Morgan fingerprint density at radius 1 is 1.44 bits per heavy atom. The van der Waals surface area contributed by atoms with Crippen LogP contribution in [0.4, 0.5) is 0 Å². The highest BCUT2D eigenvalue weighted by molar-refractivity contribution is 7.16. The van der Waals surface area contributed by atoms with E-state index >= 15 is 0 Å². The maximum atomic E-state index is 10.1. The molecule has 0 saturated heterocycles. The fourth-order valence-corrected chi connectivity index (χ4v) is 2.74. The van der Waals surface area contributed by atoms with Crippen LogP contribution < -0.4 is 0 Å². The summed E-state index contributed by atoms with van der Waals surface area (Å²) in [5.41, 5.74) is 1.94. The van der Waals surface area contributed by atoms with Gasteiger partial charge in [0.05, 0.1) is 10.4 Å². The van der Waals surface area contributed by atoms with Gasteiger partial charge in [-0.25, -0.2) is 0 Å². The molecule has 0 fully saturated rings. The van der Waals surface area contributed by atoms with Gasteiger partial charge in [-0.2, -0.15) is 0 Å². The van der Waals surface area contributed by atoms with Crippen molar-refractivity contribution in [3.63, 3.8) is 0 Å². The van der Waals surface area contributed by atoms with E-state index in [1.165, 1.54) is 11.3 Å². The van der Waals surface area contributed by atoms with Crippen LogP contribution in [0.1, 0.15) is 22.1 Å². The van der Waals surface area contributed by atoms with Gasteiger partial charge < -0.3 is 5.11 Å². The molecule has 0 amide bonds. The number of aliphatic hydroxyl groups is 1. The molecule has 1 unspecified atom stereocenters. The molecule has 1 N–H and O–H groups in total. The van der Waals surface area contributed by atoms with Crippen LogP contribution in [-0.2, 0) is 6.42 Å². The van der Waals surface area contributed by atoms with Gasteiger partial charge in [-0.05, 0) is 36.2 Å². The molecule has 0 spiro atoms. The van der Waals surface area contributed by atoms with Gasteiger partial charge in [-0.1, -0.05) is 11.6 Å². The van der Waals surface area contributed by atoms with Gasteiger partial charge in [0.25, 0.3) is 0 Å². The zero-order chi connectivity index (χ0) is 11.5. The van der Waals surface area contributed by atoms with Crippen molar-refractivity contribution in [1.82, 2.24) is 4.98 Å². The number of aromatic nitrogens is 1. The first-order valence-electron chi connectivity index (χ1n) is 4.99. The normalized spacial score (nSPS) is 12.7. The lowest BCUT2D eigenvalue weighted by Crippen LogP contribution is -2.02. The second-order valence-corrected chi connectivity index (χ2v) is 5.46. The minimum Gasteiger partial charge on any atom is -0.388 e. The van der Waals surface area contributed by atoms with Crippen molar-refractivity contribution in [2.24, 2.45) is 0 Å². The van der Waals surface area contributed by atoms with E-state index in [9.17, 15) is 5.11 Å². The van der Waals surface area contributed by atoms with Crippen molar-refractivity contribution in [3.8, 4) is 0 Å². The van der Waals surface area contributed by atoms with Crippen LogP contribution in [0.2, 0.25) is 4.34 Å². The summed E-state index contributed by atoms with van der Waals surface area (Å²) in [5.74, 6) is 0. The number of rotatable bonds is 3. The number of hydrogen-bond acceptors (Lipinski definition) is 3. The number of hydrogen-bond donors (Lipinski definition) is 1. The molecule has 2 heterocycles. The van der Waals surface area contributed by atoms with E-state index in [4.69, 9.17) is 11.6 Å². The number of thiophene rings is 1. The molecular formula is C12H12ClNOS. The van der Waals surface area contributed by atoms with E-state index in [0.717, 1.165) is 20.3 Å². The molecule has 2 rings (SSSR count). The van der Waals surface area contributed by atoms with E-state index < -0.39 is 6.10 Å². The Morgan fingerprint density at radius 2 is 2.25 bits per heavy atom. The van der Waals surface area contributed by atoms with Crippen LogP contribution >= 0.6 is 22.9 Å². The molecule has 2 aromatic rings. The number of aryl methyl sites for hydroxylation is 1. The Bertz CT molecular complexity index is 483. The average Bonchev–Trinajstić information content (AvgIpc) is 2.64. The highest BCUT2D eigenvalue weighted by Gasteiger charge is 2.12. The molecule has 2 nitrogen and oxygen atoms in total. The summed E-state index contributed by atoms with van der Waals surface area (Å²) in [4.78, 5) is 5.10. The van der Waals surface area contributed by atoms with E-state index in [-0.39, 0.29) is 0 Å².